The number of nitrogens with zero attached hydrogens (tertiary/aromatic N) is 2. The van der Waals surface area contributed by atoms with Crippen LogP contribution in [0.3, 0.4) is 0 Å². The summed E-state index contributed by atoms with van der Waals surface area (Å²) in [5.74, 6) is 0.374. The van der Waals surface area contributed by atoms with Gasteiger partial charge in [-0.2, -0.15) is 5.10 Å². The number of nitrogens with two attached hydrogens (primary N) is 1. The van der Waals surface area contributed by atoms with Gasteiger partial charge in [0.05, 0.1) is 0 Å². The number of rotatable bonds is 2. The third kappa shape index (κ3) is 1.81. The second-order valence-corrected chi connectivity index (χ2v) is 3.46. The van der Waals surface area contributed by atoms with Gasteiger partial charge in [0.2, 0.25) is 0 Å². The van der Waals surface area contributed by atoms with E-state index in [2.05, 4.69) is 28.0 Å². The third-order valence-electron chi connectivity index (χ3n) is 1.74. The van der Waals surface area contributed by atoms with Crippen molar-refractivity contribution in [3.05, 3.63) is 16.4 Å². The molecular formula is C7H12BrN3. The summed E-state index contributed by atoms with van der Waals surface area (Å²) < 4.78 is 2.72. The Labute approximate surface area is 74.7 Å². The molecule has 11 heavy (non-hydrogen) atoms. The molecule has 3 nitrogen and oxygen atoms in total. The number of aryl methyl sites for hydroxylation is 1. The topological polar surface area (TPSA) is 43.8 Å². The van der Waals surface area contributed by atoms with Crippen molar-refractivity contribution in [2.75, 3.05) is 6.54 Å². The van der Waals surface area contributed by atoms with Gasteiger partial charge in [0, 0.05) is 25.2 Å². The number of hydrogen-bond acceptors (Lipinski definition) is 2. The lowest BCUT2D eigenvalue weighted by molar-refractivity contribution is 0.642. The molecule has 0 aliphatic rings. The molecule has 0 aliphatic heterocycles. The molecule has 1 unspecified atom stereocenters. The van der Waals surface area contributed by atoms with Crippen molar-refractivity contribution in [3.8, 4) is 0 Å². The van der Waals surface area contributed by atoms with E-state index in [1.165, 1.54) is 5.69 Å². The molecule has 1 rings (SSSR count). The van der Waals surface area contributed by atoms with Gasteiger partial charge in [0.25, 0.3) is 0 Å². The van der Waals surface area contributed by atoms with Gasteiger partial charge in [-0.1, -0.05) is 6.92 Å². The molecular weight excluding hydrogens is 206 g/mol. The summed E-state index contributed by atoms with van der Waals surface area (Å²) in [4.78, 5) is 0. The van der Waals surface area contributed by atoms with Crippen LogP contribution in [0, 0.1) is 0 Å². The maximum Gasteiger partial charge on any atom is 0.128 e. The zero-order valence-corrected chi connectivity index (χ0v) is 8.30. The second kappa shape index (κ2) is 3.36. The summed E-state index contributed by atoms with van der Waals surface area (Å²) in [6.45, 7) is 2.75. The van der Waals surface area contributed by atoms with E-state index in [1.54, 1.807) is 0 Å². The van der Waals surface area contributed by atoms with Gasteiger partial charge < -0.3 is 5.73 Å². The van der Waals surface area contributed by atoms with Crippen molar-refractivity contribution in [2.45, 2.75) is 12.8 Å². The molecule has 0 spiro atoms. The molecule has 4 heteroatoms. The fourth-order valence-corrected chi connectivity index (χ4v) is 1.50. The fourth-order valence-electron chi connectivity index (χ4n) is 1.03. The second-order valence-electron chi connectivity index (χ2n) is 2.65. The summed E-state index contributed by atoms with van der Waals surface area (Å²) >= 11 is 3.31. The van der Waals surface area contributed by atoms with Gasteiger partial charge in [-0.3, -0.25) is 4.68 Å². The number of hydrogen-bond donors (Lipinski definition) is 1. The van der Waals surface area contributed by atoms with E-state index in [0.717, 1.165) is 4.60 Å². The molecule has 0 amide bonds. The van der Waals surface area contributed by atoms with E-state index >= 15 is 0 Å². The van der Waals surface area contributed by atoms with E-state index in [-0.39, 0.29) is 0 Å². The van der Waals surface area contributed by atoms with Crippen LogP contribution in [0.25, 0.3) is 0 Å². The average molecular weight is 218 g/mol. The number of aromatic nitrogens is 2. The molecule has 62 valence electrons. The van der Waals surface area contributed by atoms with Crippen LogP contribution >= 0.6 is 15.9 Å². The predicted molar refractivity (Wildman–Crippen MR) is 48.4 cm³/mol. The maximum atomic E-state index is 5.53. The molecule has 1 atom stereocenters. The first kappa shape index (κ1) is 8.74. The highest BCUT2D eigenvalue weighted by atomic mass is 79.9. The molecule has 1 aromatic rings. The van der Waals surface area contributed by atoms with E-state index in [4.69, 9.17) is 5.73 Å². The maximum absolute atomic E-state index is 5.53. The molecule has 0 saturated heterocycles. The Hall–Kier alpha value is -0.350. The number of halogens is 1. The molecule has 1 aromatic heterocycles. The summed E-state index contributed by atoms with van der Waals surface area (Å²) in [6.07, 6.45) is 0. The molecule has 0 aromatic carbocycles. The lowest BCUT2D eigenvalue weighted by atomic mass is 10.1. The zero-order chi connectivity index (χ0) is 8.43. The largest absolute Gasteiger partial charge is 0.330 e. The van der Waals surface area contributed by atoms with Crippen LogP contribution in [-0.2, 0) is 7.05 Å². The minimum Gasteiger partial charge on any atom is -0.330 e. The minimum atomic E-state index is 0.374. The van der Waals surface area contributed by atoms with Crippen molar-refractivity contribution >= 4 is 15.9 Å². The average Bonchev–Trinajstić information content (AvgIpc) is 2.28. The van der Waals surface area contributed by atoms with Crippen LogP contribution in [0.4, 0.5) is 0 Å². The molecule has 0 fully saturated rings. The summed E-state index contributed by atoms with van der Waals surface area (Å²) in [5, 5.41) is 4.16. The first-order valence-electron chi connectivity index (χ1n) is 3.54. The standard InChI is InChI=1S/C7H12BrN3/c1-5(4-9)6-3-7(8)10-11(6)2/h3,5H,4,9H2,1-2H3. The van der Waals surface area contributed by atoms with Crippen molar-refractivity contribution in [2.24, 2.45) is 12.8 Å². The van der Waals surface area contributed by atoms with Crippen molar-refractivity contribution in [1.29, 1.82) is 0 Å². The van der Waals surface area contributed by atoms with Crippen molar-refractivity contribution in [3.63, 3.8) is 0 Å². The first-order valence-corrected chi connectivity index (χ1v) is 4.34. The highest BCUT2D eigenvalue weighted by molar-refractivity contribution is 9.10. The Bertz CT molecular complexity index is 244. The summed E-state index contributed by atoms with van der Waals surface area (Å²) in [7, 11) is 1.92. The Balaban J connectivity index is 2.93. The minimum absolute atomic E-state index is 0.374. The highest BCUT2D eigenvalue weighted by Crippen LogP contribution is 2.17. The normalized spacial score (nSPS) is 13.5. The quantitative estimate of drug-likeness (QED) is 0.811. The zero-order valence-electron chi connectivity index (χ0n) is 6.71. The van der Waals surface area contributed by atoms with Gasteiger partial charge in [0.1, 0.15) is 4.60 Å². The molecule has 1 heterocycles. The predicted octanol–water partition coefficient (Wildman–Crippen LogP) is 1.24. The first-order chi connectivity index (χ1) is 5.15. The van der Waals surface area contributed by atoms with Crippen LogP contribution in [-0.4, -0.2) is 16.3 Å². The Morgan fingerprint density at radius 3 is 2.82 bits per heavy atom. The lowest BCUT2D eigenvalue weighted by Gasteiger charge is -2.07. The van der Waals surface area contributed by atoms with E-state index in [1.807, 2.05) is 17.8 Å². The van der Waals surface area contributed by atoms with Crippen LogP contribution in [0.15, 0.2) is 10.7 Å². The van der Waals surface area contributed by atoms with E-state index in [9.17, 15) is 0 Å². The van der Waals surface area contributed by atoms with Crippen LogP contribution in [0.5, 0.6) is 0 Å². The summed E-state index contributed by atoms with van der Waals surface area (Å²) in [5.41, 5.74) is 6.69. The van der Waals surface area contributed by atoms with Gasteiger partial charge in [0.15, 0.2) is 0 Å². The fraction of sp³-hybridized carbons (Fsp3) is 0.571. The van der Waals surface area contributed by atoms with Gasteiger partial charge >= 0.3 is 0 Å². The van der Waals surface area contributed by atoms with E-state index in [0.29, 0.717) is 12.5 Å². The van der Waals surface area contributed by atoms with Crippen LogP contribution in [0.2, 0.25) is 0 Å². The van der Waals surface area contributed by atoms with Crippen molar-refractivity contribution < 1.29 is 0 Å². The molecule has 2 N–H and O–H groups in total. The van der Waals surface area contributed by atoms with Gasteiger partial charge in [-0.15, -0.1) is 0 Å². The van der Waals surface area contributed by atoms with E-state index < -0.39 is 0 Å². The van der Waals surface area contributed by atoms with Crippen LogP contribution < -0.4 is 5.73 Å². The smallest absolute Gasteiger partial charge is 0.128 e. The SMILES string of the molecule is CC(CN)c1cc(Br)nn1C. The third-order valence-corrected chi connectivity index (χ3v) is 2.13. The Kier molecular flexibility index (Phi) is 2.67. The van der Waals surface area contributed by atoms with Gasteiger partial charge in [-0.25, -0.2) is 0 Å². The lowest BCUT2D eigenvalue weighted by Crippen LogP contribution is -2.12. The molecule has 0 aliphatic carbocycles. The Morgan fingerprint density at radius 1 is 1.82 bits per heavy atom. The van der Waals surface area contributed by atoms with Gasteiger partial charge in [-0.05, 0) is 22.0 Å². The highest BCUT2D eigenvalue weighted by Gasteiger charge is 2.08. The van der Waals surface area contributed by atoms with Crippen molar-refractivity contribution in [1.82, 2.24) is 9.78 Å². The molecule has 0 saturated carbocycles. The summed E-state index contributed by atoms with van der Waals surface area (Å²) in [6, 6.07) is 2.00. The molecule has 0 radical (unpaired) electrons. The molecule has 0 bridgehead atoms. The Morgan fingerprint density at radius 2 is 2.45 bits per heavy atom. The monoisotopic (exact) mass is 217 g/mol. The van der Waals surface area contributed by atoms with Crippen LogP contribution in [0.1, 0.15) is 18.5 Å².